The van der Waals surface area contributed by atoms with Crippen LogP contribution in [-0.4, -0.2) is 38.3 Å². The lowest BCUT2D eigenvalue weighted by molar-refractivity contribution is -0.0589. The Balaban J connectivity index is 1.28. The van der Waals surface area contributed by atoms with E-state index < -0.39 is 17.6 Å². The molecule has 0 unspecified atom stereocenters. The van der Waals surface area contributed by atoms with Gasteiger partial charge in [0.25, 0.3) is 0 Å². The van der Waals surface area contributed by atoms with Crippen molar-refractivity contribution in [3.8, 4) is 23.2 Å². The number of benzene rings is 3. The number of aryl methyl sites for hydroxylation is 1. The van der Waals surface area contributed by atoms with Gasteiger partial charge in [-0.2, -0.15) is 5.26 Å². The van der Waals surface area contributed by atoms with Crippen molar-refractivity contribution in [2.45, 2.75) is 39.0 Å². The molecule has 0 radical (unpaired) electrons. The summed E-state index contributed by atoms with van der Waals surface area (Å²) in [5.74, 6) is -1.63. The molecular weight excluding hydrogens is 590 g/mol. The fraction of sp³-hybridized carbons (Fsp3) is 0.212. The maximum atomic E-state index is 14.9. The second-order valence-corrected chi connectivity index (χ2v) is 11.0. The van der Waals surface area contributed by atoms with Gasteiger partial charge in [-0.1, -0.05) is 29.8 Å². The summed E-state index contributed by atoms with van der Waals surface area (Å²) in [7, 11) is 0. The molecule has 2 aromatic heterocycles. The number of nitriles is 1. The Morgan fingerprint density at radius 1 is 1.14 bits per heavy atom. The second kappa shape index (κ2) is 12.0. The lowest BCUT2D eigenvalue weighted by Crippen LogP contribution is -2.31. The summed E-state index contributed by atoms with van der Waals surface area (Å²) in [6.07, 6.45) is 1.04. The summed E-state index contributed by atoms with van der Waals surface area (Å²) >= 11 is 6.78. The molecule has 6 rings (SSSR count). The third-order valence-corrected chi connectivity index (χ3v) is 7.96. The highest BCUT2D eigenvalue weighted by molar-refractivity contribution is 6.31. The topological polar surface area (TPSA) is 110 Å². The van der Waals surface area contributed by atoms with Crippen molar-refractivity contribution in [3.05, 3.63) is 111 Å². The molecule has 222 valence electrons. The first-order valence-corrected chi connectivity index (χ1v) is 14.2. The van der Waals surface area contributed by atoms with Crippen LogP contribution in [0.4, 0.5) is 8.78 Å². The minimum atomic E-state index is -1.22. The van der Waals surface area contributed by atoms with Gasteiger partial charge in [0.05, 0.1) is 41.1 Å². The summed E-state index contributed by atoms with van der Waals surface area (Å²) < 4.78 is 42.4. The van der Waals surface area contributed by atoms with Crippen molar-refractivity contribution in [1.82, 2.24) is 14.5 Å². The van der Waals surface area contributed by atoms with Crippen LogP contribution >= 0.6 is 11.6 Å². The minimum Gasteiger partial charge on any atom is -0.478 e. The van der Waals surface area contributed by atoms with Crippen LogP contribution in [0.25, 0.3) is 22.3 Å². The standard InChI is InChI=1S/C33H25ClF2N4O4/c1-18-9-21(13-30-39-32-27(36)11-22(33(41)42)12-29(32)40(30)16-23-7-8-43-23)25(34)14-24(18)28-3-2-4-31(38-28)44-17-20-6-5-19(15-37)10-26(20)35/h2-6,9-12,14,23H,7-8,13,16-17H2,1H3,(H,41,42)/t23-/m0/s1. The average molecular weight is 615 g/mol. The van der Waals surface area contributed by atoms with Crippen molar-refractivity contribution < 1.29 is 28.2 Å². The molecule has 0 saturated carbocycles. The van der Waals surface area contributed by atoms with Crippen LogP contribution < -0.4 is 4.74 Å². The number of halogens is 3. The van der Waals surface area contributed by atoms with Crippen LogP contribution in [0.3, 0.4) is 0 Å². The summed E-state index contributed by atoms with van der Waals surface area (Å²) in [6, 6.07) is 17.5. The van der Waals surface area contributed by atoms with Gasteiger partial charge in [-0.05, 0) is 60.9 Å². The number of pyridine rings is 1. The predicted octanol–water partition coefficient (Wildman–Crippen LogP) is 6.87. The molecule has 0 bridgehead atoms. The number of hydrogen-bond acceptors (Lipinski definition) is 6. The highest BCUT2D eigenvalue weighted by Crippen LogP contribution is 2.32. The van der Waals surface area contributed by atoms with E-state index in [1.54, 1.807) is 18.2 Å². The summed E-state index contributed by atoms with van der Waals surface area (Å²) in [5, 5.41) is 18.9. The van der Waals surface area contributed by atoms with Crippen LogP contribution in [0.5, 0.6) is 5.88 Å². The molecule has 0 aliphatic carbocycles. The smallest absolute Gasteiger partial charge is 0.335 e. The molecule has 3 heterocycles. The fourth-order valence-electron chi connectivity index (χ4n) is 5.18. The van der Waals surface area contributed by atoms with Crippen LogP contribution in [-0.2, 0) is 24.3 Å². The zero-order valence-electron chi connectivity index (χ0n) is 23.5. The van der Waals surface area contributed by atoms with Gasteiger partial charge in [-0.15, -0.1) is 0 Å². The Morgan fingerprint density at radius 3 is 2.66 bits per heavy atom. The Hall–Kier alpha value is -4.85. The molecule has 1 N–H and O–H groups in total. The number of aromatic carboxylic acids is 1. The van der Waals surface area contributed by atoms with Gasteiger partial charge in [0.2, 0.25) is 5.88 Å². The van der Waals surface area contributed by atoms with Crippen LogP contribution in [0, 0.1) is 29.9 Å². The number of rotatable bonds is 9. The Bertz CT molecular complexity index is 1970. The molecule has 0 amide bonds. The van der Waals surface area contributed by atoms with Gasteiger partial charge in [-0.3, -0.25) is 0 Å². The number of fused-ring (bicyclic) bond motifs is 1. The molecular formula is C33H25ClF2N4O4. The number of carbonyl (C=O) groups is 1. The number of ether oxygens (including phenoxy) is 2. The van der Waals surface area contributed by atoms with E-state index in [0.717, 1.165) is 35.2 Å². The van der Waals surface area contributed by atoms with E-state index in [1.807, 2.05) is 29.7 Å². The first kappa shape index (κ1) is 29.2. The zero-order valence-corrected chi connectivity index (χ0v) is 24.2. The molecule has 3 aromatic carbocycles. The van der Waals surface area contributed by atoms with Crippen molar-refractivity contribution in [1.29, 1.82) is 5.26 Å². The fourth-order valence-corrected chi connectivity index (χ4v) is 5.41. The third kappa shape index (κ3) is 5.84. The molecule has 5 aromatic rings. The molecule has 11 heteroatoms. The van der Waals surface area contributed by atoms with Gasteiger partial charge in [0.15, 0.2) is 5.82 Å². The van der Waals surface area contributed by atoms with Gasteiger partial charge in [0, 0.05) is 35.2 Å². The summed E-state index contributed by atoms with van der Waals surface area (Å²) in [4.78, 5) is 20.7. The number of aromatic nitrogens is 3. The third-order valence-electron chi connectivity index (χ3n) is 7.61. The SMILES string of the molecule is Cc1cc(Cc2nc3c(F)cc(C(=O)O)cc3n2C[C@@H]2CCO2)c(Cl)cc1-c1cccc(OCc2ccc(C#N)cc2F)n1. The minimum absolute atomic E-state index is 0.0614. The number of carboxylic acid groups (broad SMARTS) is 1. The van der Waals surface area contributed by atoms with Gasteiger partial charge >= 0.3 is 5.97 Å². The van der Waals surface area contributed by atoms with Gasteiger partial charge in [-0.25, -0.2) is 23.5 Å². The van der Waals surface area contributed by atoms with Crippen molar-refractivity contribution >= 4 is 28.6 Å². The first-order chi connectivity index (χ1) is 21.2. The molecule has 1 atom stereocenters. The van der Waals surface area contributed by atoms with E-state index in [4.69, 9.17) is 26.3 Å². The largest absolute Gasteiger partial charge is 0.478 e. The van der Waals surface area contributed by atoms with E-state index >= 15 is 0 Å². The van der Waals surface area contributed by atoms with Crippen molar-refractivity contribution in [2.24, 2.45) is 0 Å². The van der Waals surface area contributed by atoms with Gasteiger partial charge in [0.1, 0.15) is 23.8 Å². The van der Waals surface area contributed by atoms with E-state index in [0.29, 0.717) is 46.7 Å². The molecule has 8 nitrogen and oxygen atoms in total. The van der Waals surface area contributed by atoms with Crippen LogP contribution in [0.1, 0.15) is 44.9 Å². The van der Waals surface area contributed by atoms with Gasteiger partial charge < -0.3 is 19.1 Å². The van der Waals surface area contributed by atoms with Crippen molar-refractivity contribution in [2.75, 3.05) is 6.61 Å². The predicted molar refractivity (Wildman–Crippen MR) is 159 cm³/mol. The average Bonchev–Trinajstić information content (AvgIpc) is 3.33. The molecule has 44 heavy (non-hydrogen) atoms. The number of imidazole rings is 1. The number of nitrogens with zero attached hydrogens (tertiary/aromatic N) is 4. The Labute approximate surface area is 256 Å². The lowest BCUT2D eigenvalue weighted by atomic mass is 10.00. The van der Waals surface area contributed by atoms with E-state index in [1.165, 1.54) is 18.2 Å². The van der Waals surface area contributed by atoms with E-state index in [9.17, 15) is 18.7 Å². The second-order valence-electron chi connectivity index (χ2n) is 10.6. The molecule has 1 fully saturated rings. The van der Waals surface area contributed by atoms with Crippen LogP contribution in [0.15, 0.2) is 60.7 Å². The first-order valence-electron chi connectivity index (χ1n) is 13.8. The molecule has 1 saturated heterocycles. The maximum Gasteiger partial charge on any atom is 0.335 e. The quantitative estimate of drug-likeness (QED) is 0.193. The molecule has 0 spiro atoms. The van der Waals surface area contributed by atoms with Crippen LogP contribution in [0.2, 0.25) is 5.02 Å². The highest BCUT2D eigenvalue weighted by Gasteiger charge is 2.24. The normalized spacial score (nSPS) is 14.3. The number of hydrogen-bond donors (Lipinski definition) is 1. The number of carboxylic acids is 1. The summed E-state index contributed by atoms with van der Waals surface area (Å²) in [5.41, 5.74) is 3.85. The maximum absolute atomic E-state index is 14.9. The Kier molecular flexibility index (Phi) is 7.99. The van der Waals surface area contributed by atoms with Crippen molar-refractivity contribution in [3.63, 3.8) is 0 Å². The molecule has 1 aliphatic rings. The monoisotopic (exact) mass is 614 g/mol. The lowest BCUT2D eigenvalue weighted by Gasteiger charge is -2.27. The highest BCUT2D eigenvalue weighted by atomic mass is 35.5. The van der Waals surface area contributed by atoms with E-state index in [2.05, 4.69) is 9.97 Å². The summed E-state index contributed by atoms with van der Waals surface area (Å²) in [6.45, 7) is 2.90. The molecule has 1 aliphatic heterocycles. The zero-order chi connectivity index (χ0) is 31.0. The Morgan fingerprint density at radius 2 is 1.95 bits per heavy atom. The van der Waals surface area contributed by atoms with E-state index in [-0.39, 0.29) is 35.8 Å².